The Morgan fingerprint density at radius 1 is 0.969 bits per heavy atom. The molecule has 3 aromatic carbocycles. The van der Waals surface area contributed by atoms with Crippen molar-refractivity contribution in [3.05, 3.63) is 41.5 Å². The summed E-state index contributed by atoms with van der Waals surface area (Å²) in [5.74, 6) is 1.25. The van der Waals surface area contributed by atoms with Crippen molar-refractivity contribution < 1.29 is 22.7 Å². The van der Waals surface area contributed by atoms with Crippen LogP contribution in [0.3, 0.4) is 0 Å². The molecule has 2 heterocycles. The van der Waals surface area contributed by atoms with Crippen molar-refractivity contribution in [1.29, 1.82) is 0 Å². The van der Waals surface area contributed by atoms with Gasteiger partial charge in [-0.1, -0.05) is 6.07 Å². The lowest BCUT2D eigenvalue weighted by atomic mass is 9.82. The van der Waals surface area contributed by atoms with Crippen molar-refractivity contribution in [2.75, 3.05) is 31.7 Å². The van der Waals surface area contributed by atoms with Crippen LogP contribution in [0.5, 0.6) is 11.5 Å². The Labute approximate surface area is 187 Å². The van der Waals surface area contributed by atoms with Gasteiger partial charge in [0, 0.05) is 18.3 Å². The average Bonchev–Trinajstić information content (AvgIpc) is 2.77. The highest BCUT2D eigenvalue weighted by Gasteiger charge is 2.36. The molecule has 1 amide bonds. The first-order valence-corrected chi connectivity index (χ1v) is 12.6. The van der Waals surface area contributed by atoms with E-state index in [0.29, 0.717) is 22.7 Å². The first kappa shape index (κ1) is 20.9. The largest absolute Gasteiger partial charge is 0.493 e. The highest BCUT2D eigenvalue weighted by Crippen LogP contribution is 2.43. The Hall–Kier alpha value is -3.00. The van der Waals surface area contributed by atoms with E-state index in [1.807, 2.05) is 23.1 Å². The highest BCUT2D eigenvalue weighted by molar-refractivity contribution is 7.92. The molecule has 0 saturated carbocycles. The molecule has 0 bridgehead atoms. The fraction of sp³-hybridized carbons (Fsp3) is 0.375. The number of fused-ring (bicyclic) bond motifs is 7. The van der Waals surface area contributed by atoms with Gasteiger partial charge in [-0.2, -0.15) is 0 Å². The molecule has 32 heavy (non-hydrogen) atoms. The van der Waals surface area contributed by atoms with Crippen LogP contribution in [0.1, 0.15) is 35.2 Å². The zero-order chi connectivity index (χ0) is 22.6. The third kappa shape index (κ3) is 3.33. The number of carbonyl (C=O) groups is 1. The van der Waals surface area contributed by atoms with Gasteiger partial charge in [-0.25, -0.2) is 8.42 Å². The molecule has 2 aliphatic heterocycles. The molecule has 3 aromatic rings. The molecule has 2 aliphatic rings. The molecule has 0 spiro atoms. The Bertz CT molecular complexity index is 1370. The minimum Gasteiger partial charge on any atom is -0.493 e. The monoisotopic (exact) mass is 454 g/mol. The Morgan fingerprint density at radius 3 is 2.34 bits per heavy atom. The van der Waals surface area contributed by atoms with Gasteiger partial charge < -0.3 is 14.4 Å². The summed E-state index contributed by atoms with van der Waals surface area (Å²) >= 11 is 0. The van der Waals surface area contributed by atoms with Crippen molar-refractivity contribution in [3.63, 3.8) is 0 Å². The fourth-order valence-electron chi connectivity index (χ4n) is 5.23. The van der Waals surface area contributed by atoms with E-state index in [9.17, 15) is 13.2 Å². The summed E-state index contributed by atoms with van der Waals surface area (Å²) in [6.45, 7) is 0.780. The standard InChI is InChI=1S/C24H26N2O5S/c1-30-21-12-18-17-10-14(25-32(3,28)29)7-8-16(17)23-20(19(18)13-22(21)31-2)11-15-6-4-5-9-26(15)24(23)27/h7-8,10,12-13,15,25H,4-6,9,11H2,1-3H3/t15-/m1/s1. The van der Waals surface area contributed by atoms with E-state index in [1.54, 1.807) is 26.4 Å². The number of benzene rings is 3. The van der Waals surface area contributed by atoms with Crippen LogP contribution in [-0.2, 0) is 16.4 Å². The number of nitrogens with zero attached hydrogens (tertiary/aromatic N) is 1. The molecule has 8 heteroatoms. The molecule has 1 atom stereocenters. The zero-order valence-electron chi connectivity index (χ0n) is 18.4. The molecule has 1 N–H and O–H groups in total. The third-order valence-electron chi connectivity index (χ3n) is 6.57. The molecular formula is C24H26N2O5S. The second-order valence-corrected chi connectivity index (χ2v) is 10.3. The number of anilines is 1. The third-order valence-corrected chi connectivity index (χ3v) is 7.18. The summed E-state index contributed by atoms with van der Waals surface area (Å²) in [6.07, 6.45) is 5.08. The van der Waals surface area contributed by atoms with E-state index < -0.39 is 10.0 Å². The molecule has 5 rings (SSSR count). The van der Waals surface area contributed by atoms with E-state index in [2.05, 4.69) is 4.72 Å². The molecule has 1 fully saturated rings. The van der Waals surface area contributed by atoms with E-state index in [4.69, 9.17) is 9.47 Å². The van der Waals surface area contributed by atoms with E-state index in [1.165, 1.54) is 0 Å². The summed E-state index contributed by atoms with van der Waals surface area (Å²) in [4.78, 5) is 15.7. The van der Waals surface area contributed by atoms with Gasteiger partial charge in [0.2, 0.25) is 10.0 Å². The van der Waals surface area contributed by atoms with Crippen LogP contribution < -0.4 is 14.2 Å². The second kappa shape index (κ2) is 7.55. The predicted molar refractivity (Wildman–Crippen MR) is 125 cm³/mol. The normalized spacial score (nSPS) is 18.4. The number of methoxy groups -OCH3 is 2. The van der Waals surface area contributed by atoms with Gasteiger partial charge in [0.05, 0.1) is 26.0 Å². The molecule has 168 valence electrons. The Balaban J connectivity index is 1.86. The van der Waals surface area contributed by atoms with Crippen molar-refractivity contribution in [1.82, 2.24) is 4.90 Å². The van der Waals surface area contributed by atoms with Crippen LogP contribution in [0.4, 0.5) is 5.69 Å². The van der Waals surface area contributed by atoms with Crippen LogP contribution in [0.15, 0.2) is 30.3 Å². The van der Waals surface area contributed by atoms with Gasteiger partial charge in [-0.05, 0) is 77.1 Å². The lowest BCUT2D eigenvalue weighted by molar-refractivity contribution is 0.0586. The SMILES string of the molecule is COc1cc2c3c(c4ccc(NS(C)(=O)=O)cc4c2cc1OC)C(=O)N1CCCC[C@@H]1C3. The number of piperidine rings is 1. The molecule has 0 unspecified atom stereocenters. The minimum atomic E-state index is -3.44. The minimum absolute atomic E-state index is 0.0569. The van der Waals surface area contributed by atoms with Gasteiger partial charge in [-0.15, -0.1) is 0 Å². The summed E-state index contributed by atoms with van der Waals surface area (Å²) in [7, 11) is -0.252. The van der Waals surface area contributed by atoms with Gasteiger partial charge in [0.25, 0.3) is 5.91 Å². The van der Waals surface area contributed by atoms with Gasteiger partial charge in [-0.3, -0.25) is 9.52 Å². The zero-order valence-corrected chi connectivity index (χ0v) is 19.2. The summed E-state index contributed by atoms with van der Waals surface area (Å²) in [5, 5.41) is 3.48. The van der Waals surface area contributed by atoms with Crippen molar-refractivity contribution in [2.24, 2.45) is 0 Å². The topological polar surface area (TPSA) is 84.9 Å². The van der Waals surface area contributed by atoms with Crippen LogP contribution in [0.2, 0.25) is 0 Å². The predicted octanol–water partition coefficient (Wildman–Crippen LogP) is 3.93. The molecule has 0 aliphatic carbocycles. The number of rotatable bonds is 4. The summed E-state index contributed by atoms with van der Waals surface area (Å²) in [6, 6.07) is 9.42. The molecule has 7 nitrogen and oxygen atoms in total. The number of carbonyl (C=O) groups excluding carboxylic acids is 1. The number of nitrogens with one attached hydrogen (secondary N) is 1. The molecule has 0 aromatic heterocycles. The first-order chi connectivity index (χ1) is 15.3. The van der Waals surface area contributed by atoms with Crippen LogP contribution >= 0.6 is 0 Å². The molecular weight excluding hydrogens is 428 g/mol. The molecule has 1 saturated heterocycles. The fourth-order valence-corrected chi connectivity index (χ4v) is 5.78. The Kier molecular flexibility index (Phi) is 4.93. The summed E-state index contributed by atoms with van der Waals surface area (Å²) in [5.41, 5.74) is 2.20. The highest BCUT2D eigenvalue weighted by atomic mass is 32.2. The quantitative estimate of drug-likeness (QED) is 0.604. The summed E-state index contributed by atoms with van der Waals surface area (Å²) < 4.78 is 37.3. The van der Waals surface area contributed by atoms with E-state index >= 15 is 0 Å². The smallest absolute Gasteiger partial charge is 0.255 e. The number of sulfonamides is 1. The molecule has 0 radical (unpaired) electrons. The van der Waals surface area contributed by atoms with Crippen LogP contribution in [-0.4, -0.2) is 52.3 Å². The number of ether oxygens (including phenoxy) is 2. The average molecular weight is 455 g/mol. The lowest BCUT2D eigenvalue weighted by Crippen LogP contribution is -2.48. The van der Waals surface area contributed by atoms with Crippen LogP contribution in [0.25, 0.3) is 21.5 Å². The lowest BCUT2D eigenvalue weighted by Gasteiger charge is -2.41. The number of amides is 1. The maximum absolute atomic E-state index is 13.7. The first-order valence-electron chi connectivity index (χ1n) is 10.7. The van der Waals surface area contributed by atoms with Gasteiger partial charge in [0.1, 0.15) is 0 Å². The van der Waals surface area contributed by atoms with E-state index in [0.717, 1.165) is 65.6 Å². The van der Waals surface area contributed by atoms with Crippen molar-refractivity contribution >= 4 is 43.2 Å². The maximum Gasteiger partial charge on any atom is 0.255 e. The van der Waals surface area contributed by atoms with Crippen LogP contribution in [0, 0.1) is 0 Å². The second-order valence-electron chi connectivity index (χ2n) is 8.59. The van der Waals surface area contributed by atoms with E-state index in [-0.39, 0.29) is 11.9 Å². The maximum atomic E-state index is 13.7. The Morgan fingerprint density at radius 2 is 1.66 bits per heavy atom. The van der Waals surface area contributed by atoms with Gasteiger partial charge in [0.15, 0.2) is 11.5 Å². The number of hydrogen-bond acceptors (Lipinski definition) is 5. The van der Waals surface area contributed by atoms with Crippen molar-refractivity contribution in [3.8, 4) is 11.5 Å². The number of hydrogen-bond donors (Lipinski definition) is 1. The van der Waals surface area contributed by atoms with Crippen molar-refractivity contribution in [2.45, 2.75) is 31.7 Å². The van der Waals surface area contributed by atoms with Gasteiger partial charge >= 0.3 is 0 Å².